The van der Waals surface area contributed by atoms with E-state index in [1.165, 1.54) is 10.6 Å². The lowest BCUT2D eigenvalue weighted by molar-refractivity contribution is -0.151. The highest BCUT2D eigenvalue weighted by Crippen LogP contribution is 2.18. The molecule has 1 saturated heterocycles. The summed E-state index contributed by atoms with van der Waals surface area (Å²) in [5, 5.41) is 0. The van der Waals surface area contributed by atoms with Gasteiger partial charge in [-0.15, -0.1) is 0 Å². The van der Waals surface area contributed by atoms with Gasteiger partial charge in [0.15, 0.2) is 0 Å². The standard InChI is InChI=1S/C15H19BrN2O4/c1-2-22-15(21)11-4-3-7-17(8-11)14(20)10-18-9-12(16)5-6-13(18)19/h5-6,9,11H,2-4,7-8,10H2,1H3. The second-order valence-electron chi connectivity index (χ2n) is 5.24. The topological polar surface area (TPSA) is 68.6 Å². The van der Waals surface area contributed by atoms with Crippen LogP contribution in [0.1, 0.15) is 19.8 Å². The number of esters is 1. The second kappa shape index (κ2) is 7.58. The number of piperidine rings is 1. The van der Waals surface area contributed by atoms with Crippen molar-refractivity contribution >= 4 is 27.8 Å². The lowest BCUT2D eigenvalue weighted by atomic mass is 9.98. The van der Waals surface area contributed by atoms with Crippen LogP contribution < -0.4 is 5.56 Å². The number of carbonyl (C=O) groups excluding carboxylic acids is 2. The van der Waals surface area contributed by atoms with Crippen LogP contribution in [0.4, 0.5) is 0 Å². The average Bonchev–Trinajstić information content (AvgIpc) is 2.51. The van der Waals surface area contributed by atoms with Gasteiger partial charge in [-0.25, -0.2) is 0 Å². The van der Waals surface area contributed by atoms with Gasteiger partial charge in [0.1, 0.15) is 6.54 Å². The quantitative estimate of drug-likeness (QED) is 0.751. The number of carbonyl (C=O) groups is 2. The molecule has 22 heavy (non-hydrogen) atoms. The summed E-state index contributed by atoms with van der Waals surface area (Å²) < 4.78 is 7.12. The zero-order valence-electron chi connectivity index (χ0n) is 12.5. The van der Waals surface area contributed by atoms with Crippen LogP contribution in [0.2, 0.25) is 0 Å². The number of hydrogen-bond acceptors (Lipinski definition) is 4. The molecule has 0 bridgehead atoms. The fraction of sp³-hybridized carbons (Fsp3) is 0.533. The van der Waals surface area contributed by atoms with Crippen LogP contribution in [0.15, 0.2) is 27.6 Å². The number of rotatable bonds is 4. The Labute approximate surface area is 137 Å². The van der Waals surface area contributed by atoms with Crippen molar-refractivity contribution in [3.8, 4) is 0 Å². The first-order valence-electron chi connectivity index (χ1n) is 7.31. The summed E-state index contributed by atoms with van der Waals surface area (Å²) >= 11 is 3.28. The molecule has 1 fully saturated rings. The van der Waals surface area contributed by atoms with Crippen molar-refractivity contribution < 1.29 is 14.3 Å². The molecule has 6 nitrogen and oxygen atoms in total. The van der Waals surface area contributed by atoms with E-state index in [-0.39, 0.29) is 29.9 Å². The Bertz CT molecular complexity index is 614. The lowest BCUT2D eigenvalue weighted by Crippen LogP contribution is -2.44. The summed E-state index contributed by atoms with van der Waals surface area (Å²) in [6.45, 7) is 3.06. The van der Waals surface area contributed by atoms with Crippen molar-refractivity contribution in [2.24, 2.45) is 5.92 Å². The molecular formula is C15H19BrN2O4. The Morgan fingerprint density at radius 2 is 2.18 bits per heavy atom. The van der Waals surface area contributed by atoms with Crippen molar-refractivity contribution in [3.05, 3.63) is 33.2 Å². The zero-order chi connectivity index (χ0) is 16.1. The molecular weight excluding hydrogens is 352 g/mol. The van der Waals surface area contributed by atoms with E-state index in [0.717, 1.165) is 17.3 Å². The Morgan fingerprint density at radius 3 is 2.91 bits per heavy atom. The SMILES string of the molecule is CCOC(=O)C1CCCN(C(=O)Cn2cc(Br)ccc2=O)C1. The van der Waals surface area contributed by atoms with E-state index in [2.05, 4.69) is 15.9 Å². The van der Waals surface area contributed by atoms with Gasteiger partial charge in [0.05, 0.1) is 12.5 Å². The third-order valence-electron chi connectivity index (χ3n) is 3.65. The molecule has 1 amide bonds. The fourth-order valence-electron chi connectivity index (χ4n) is 2.53. The highest BCUT2D eigenvalue weighted by molar-refractivity contribution is 9.10. The van der Waals surface area contributed by atoms with Crippen LogP contribution in [0.5, 0.6) is 0 Å². The van der Waals surface area contributed by atoms with Crippen LogP contribution >= 0.6 is 15.9 Å². The third kappa shape index (κ3) is 4.19. The average molecular weight is 371 g/mol. The van der Waals surface area contributed by atoms with Crippen molar-refractivity contribution in [1.29, 1.82) is 0 Å². The third-order valence-corrected chi connectivity index (χ3v) is 4.12. The number of likely N-dealkylation sites (tertiary alicyclic amines) is 1. The zero-order valence-corrected chi connectivity index (χ0v) is 14.0. The predicted octanol–water partition coefficient (Wildman–Crippen LogP) is 1.41. The maximum absolute atomic E-state index is 12.4. The summed E-state index contributed by atoms with van der Waals surface area (Å²) in [5.74, 6) is -0.675. The molecule has 7 heteroatoms. The van der Waals surface area contributed by atoms with Gasteiger partial charge in [-0.3, -0.25) is 14.4 Å². The van der Waals surface area contributed by atoms with Crippen molar-refractivity contribution in [2.45, 2.75) is 26.3 Å². The highest BCUT2D eigenvalue weighted by atomic mass is 79.9. The van der Waals surface area contributed by atoms with Gasteiger partial charge in [0, 0.05) is 29.8 Å². The number of pyridine rings is 1. The summed E-state index contributed by atoms with van der Waals surface area (Å²) in [6, 6.07) is 3.05. The number of nitrogens with zero attached hydrogens (tertiary/aromatic N) is 2. The van der Waals surface area contributed by atoms with Crippen LogP contribution in [-0.4, -0.2) is 41.0 Å². The molecule has 2 rings (SSSR count). The Balaban J connectivity index is 2.01. The van der Waals surface area contributed by atoms with E-state index in [1.807, 2.05) is 0 Å². The minimum Gasteiger partial charge on any atom is -0.466 e. The number of amides is 1. The molecule has 0 spiro atoms. The number of hydrogen-bond donors (Lipinski definition) is 0. The van der Waals surface area contributed by atoms with Gasteiger partial charge >= 0.3 is 5.97 Å². The van der Waals surface area contributed by atoms with Crippen LogP contribution in [0.25, 0.3) is 0 Å². The van der Waals surface area contributed by atoms with E-state index in [0.29, 0.717) is 19.7 Å². The van der Waals surface area contributed by atoms with Gasteiger partial charge < -0.3 is 14.2 Å². The largest absolute Gasteiger partial charge is 0.466 e. The van der Waals surface area contributed by atoms with Gasteiger partial charge in [0.2, 0.25) is 5.91 Å². The van der Waals surface area contributed by atoms with Gasteiger partial charge in [0.25, 0.3) is 5.56 Å². The summed E-state index contributed by atoms with van der Waals surface area (Å²) in [5.41, 5.74) is -0.226. The fourth-order valence-corrected chi connectivity index (χ4v) is 2.91. The summed E-state index contributed by atoms with van der Waals surface area (Å²) in [6.07, 6.45) is 3.09. The smallest absolute Gasteiger partial charge is 0.310 e. The van der Waals surface area contributed by atoms with Gasteiger partial charge in [-0.1, -0.05) is 0 Å². The number of aromatic nitrogens is 1. The lowest BCUT2D eigenvalue weighted by Gasteiger charge is -2.31. The number of halogens is 1. The van der Waals surface area contributed by atoms with Crippen LogP contribution in [-0.2, 0) is 20.9 Å². The van der Waals surface area contributed by atoms with E-state index in [4.69, 9.17) is 4.74 Å². The van der Waals surface area contributed by atoms with E-state index in [1.54, 1.807) is 24.1 Å². The molecule has 0 N–H and O–H groups in total. The molecule has 0 aromatic carbocycles. The van der Waals surface area contributed by atoms with E-state index < -0.39 is 0 Å². The van der Waals surface area contributed by atoms with Crippen molar-refractivity contribution in [1.82, 2.24) is 9.47 Å². The molecule has 0 aliphatic carbocycles. The number of ether oxygens (including phenoxy) is 1. The molecule has 1 aliphatic rings. The molecule has 1 atom stereocenters. The maximum Gasteiger partial charge on any atom is 0.310 e. The molecule has 1 unspecified atom stereocenters. The van der Waals surface area contributed by atoms with Crippen LogP contribution in [0, 0.1) is 5.92 Å². The first kappa shape index (κ1) is 16.7. The molecule has 2 heterocycles. The van der Waals surface area contributed by atoms with Gasteiger partial charge in [-0.05, 0) is 41.8 Å². The Hall–Kier alpha value is -1.63. The van der Waals surface area contributed by atoms with Crippen molar-refractivity contribution in [3.63, 3.8) is 0 Å². The normalized spacial score (nSPS) is 18.1. The molecule has 0 saturated carbocycles. The molecule has 1 aliphatic heterocycles. The monoisotopic (exact) mass is 370 g/mol. The summed E-state index contributed by atoms with van der Waals surface area (Å²) in [4.78, 5) is 37.5. The Morgan fingerprint density at radius 1 is 1.41 bits per heavy atom. The van der Waals surface area contributed by atoms with Gasteiger partial charge in [-0.2, -0.15) is 0 Å². The Kier molecular flexibility index (Phi) is 5.76. The van der Waals surface area contributed by atoms with E-state index >= 15 is 0 Å². The molecule has 1 aromatic rings. The second-order valence-corrected chi connectivity index (χ2v) is 6.16. The van der Waals surface area contributed by atoms with Crippen LogP contribution in [0.3, 0.4) is 0 Å². The van der Waals surface area contributed by atoms with Crippen molar-refractivity contribution in [2.75, 3.05) is 19.7 Å². The summed E-state index contributed by atoms with van der Waals surface area (Å²) in [7, 11) is 0. The molecule has 0 radical (unpaired) electrons. The maximum atomic E-state index is 12.4. The minimum absolute atomic E-state index is 0.0200. The molecule has 120 valence electrons. The minimum atomic E-state index is -0.267. The first-order chi connectivity index (χ1) is 10.5. The van der Waals surface area contributed by atoms with E-state index in [9.17, 15) is 14.4 Å². The highest BCUT2D eigenvalue weighted by Gasteiger charge is 2.29. The predicted molar refractivity (Wildman–Crippen MR) is 84.3 cm³/mol. The molecule has 1 aromatic heterocycles. The first-order valence-corrected chi connectivity index (χ1v) is 8.11.